The minimum atomic E-state index is -0.0639. The zero-order valence-corrected chi connectivity index (χ0v) is 15.3. The third kappa shape index (κ3) is 3.03. The van der Waals surface area contributed by atoms with Crippen LogP contribution in [0.25, 0.3) is 22.5 Å². The Hall–Kier alpha value is -3.28. The Kier molecular flexibility index (Phi) is 4.32. The molecular weight excluding hydrogens is 340 g/mol. The summed E-state index contributed by atoms with van der Waals surface area (Å²) in [6, 6.07) is 15.7. The van der Waals surface area contributed by atoms with Crippen molar-refractivity contribution in [1.29, 1.82) is 0 Å². The van der Waals surface area contributed by atoms with Gasteiger partial charge in [-0.3, -0.25) is 4.79 Å². The molecule has 0 fully saturated rings. The standard InChI is InChI=1S/C21H20N4O2/c1-14(26)11-12-19(27)25-13-15-7-3-4-8-16(15)20-21(24(2)23-22-20)17-9-5-6-10-18(17)25/h3-10H,11-13H2,1-2H3. The Bertz CT molecular complexity index is 1040. The quantitative estimate of drug-likeness (QED) is 0.718. The first-order chi connectivity index (χ1) is 13.1. The molecule has 3 aromatic rings. The van der Waals surface area contributed by atoms with E-state index in [2.05, 4.69) is 10.3 Å². The number of ketones is 1. The molecule has 0 aliphatic carbocycles. The maximum atomic E-state index is 13.0. The van der Waals surface area contributed by atoms with Gasteiger partial charge in [-0.1, -0.05) is 47.7 Å². The number of carbonyl (C=O) groups excluding carboxylic acids is 2. The number of rotatable bonds is 3. The predicted molar refractivity (Wildman–Crippen MR) is 103 cm³/mol. The van der Waals surface area contributed by atoms with Gasteiger partial charge >= 0.3 is 0 Å². The van der Waals surface area contributed by atoms with Crippen molar-refractivity contribution in [1.82, 2.24) is 15.0 Å². The van der Waals surface area contributed by atoms with Crippen LogP contribution in [0.5, 0.6) is 0 Å². The summed E-state index contributed by atoms with van der Waals surface area (Å²) in [5.41, 5.74) is 5.39. The van der Waals surface area contributed by atoms with E-state index in [0.29, 0.717) is 6.54 Å². The highest BCUT2D eigenvalue weighted by Crippen LogP contribution is 2.40. The van der Waals surface area contributed by atoms with Crippen LogP contribution in [0, 0.1) is 0 Å². The van der Waals surface area contributed by atoms with Gasteiger partial charge in [-0.05, 0) is 18.6 Å². The third-order valence-electron chi connectivity index (χ3n) is 4.87. The van der Waals surface area contributed by atoms with Gasteiger partial charge < -0.3 is 9.69 Å². The molecule has 27 heavy (non-hydrogen) atoms. The number of benzene rings is 2. The molecule has 6 heteroatoms. The number of aryl methyl sites for hydroxylation is 1. The molecule has 1 aromatic heterocycles. The Labute approximate surface area is 157 Å². The summed E-state index contributed by atoms with van der Waals surface area (Å²) in [6.07, 6.45) is 0.444. The lowest BCUT2D eigenvalue weighted by atomic mass is 9.95. The molecule has 6 nitrogen and oxygen atoms in total. The largest absolute Gasteiger partial charge is 0.307 e. The molecule has 4 rings (SSSR count). The van der Waals surface area contributed by atoms with Gasteiger partial charge in [0, 0.05) is 31.0 Å². The van der Waals surface area contributed by atoms with Crippen molar-refractivity contribution in [3.05, 3.63) is 54.1 Å². The van der Waals surface area contributed by atoms with E-state index >= 15 is 0 Å². The van der Waals surface area contributed by atoms with Crippen LogP contribution in [0.4, 0.5) is 5.69 Å². The molecule has 0 atom stereocenters. The molecule has 1 aliphatic heterocycles. The molecule has 0 saturated heterocycles. The van der Waals surface area contributed by atoms with Gasteiger partial charge in [0.15, 0.2) is 0 Å². The normalized spacial score (nSPS) is 12.4. The maximum Gasteiger partial charge on any atom is 0.227 e. The SMILES string of the molecule is CC(=O)CCC(=O)N1Cc2ccccc2-c2nnn(C)c2-c2ccccc21. The van der Waals surface area contributed by atoms with E-state index in [0.717, 1.165) is 33.8 Å². The van der Waals surface area contributed by atoms with Crippen LogP contribution in [0.3, 0.4) is 0 Å². The van der Waals surface area contributed by atoms with Crippen molar-refractivity contribution in [3.63, 3.8) is 0 Å². The number of nitrogens with zero attached hydrogens (tertiary/aromatic N) is 4. The number of Topliss-reactive ketones (excluding diaryl/α,β-unsaturated/α-hetero) is 1. The molecule has 0 radical (unpaired) electrons. The Morgan fingerprint density at radius 2 is 1.70 bits per heavy atom. The first-order valence-corrected chi connectivity index (χ1v) is 8.93. The van der Waals surface area contributed by atoms with Gasteiger partial charge in [-0.2, -0.15) is 0 Å². The van der Waals surface area contributed by atoms with Crippen LogP contribution < -0.4 is 4.90 Å². The fraction of sp³-hybridized carbons (Fsp3) is 0.238. The van der Waals surface area contributed by atoms with Crippen molar-refractivity contribution in [2.24, 2.45) is 7.05 Å². The lowest BCUT2D eigenvalue weighted by molar-refractivity contribution is -0.123. The van der Waals surface area contributed by atoms with Crippen LogP contribution in [-0.4, -0.2) is 26.7 Å². The molecule has 0 N–H and O–H groups in total. The summed E-state index contributed by atoms with van der Waals surface area (Å²) in [7, 11) is 1.86. The Morgan fingerprint density at radius 3 is 2.48 bits per heavy atom. The molecule has 0 unspecified atom stereocenters. The number of hydrogen-bond acceptors (Lipinski definition) is 4. The van der Waals surface area contributed by atoms with Crippen molar-refractivity contribution in [3.8, 4) is 22.5 Å². The van der Waals surface area contributed by atoms with Crippen molar-refractivity contribution < 1.29 is 9.59 Å². The Morgan fingerprint density at radius 1 is 1.00 bits per heavy atom. The highest BCUT2D eigenvalue weighted by molar-refractivity contribution is 6.01. The van der Waals surface area contributed by atoms with Gasteiger partial charge in [-0.25, -0.2) is 4.68 Å². The lowest BCUT2D eigenvalue weighted by Gasteiger charge is -2.28. The molecular formula is C21H20N4O2. The van der Waals surface area contributed by atoms with Crippen molar-refractivity contribution in [2.75, 3.05) is 4.90 Å². The third-order valence-corrected chi connectivity index (χ3v) is 4.87. The van der Waals surface area contributed by atoms with Crippen molar-refractivity contribution in [2.45, 2.75) is 26.3 Å². The van der Waals surface area contributed by atoms with E-state index in [1.165, 1.54) is 6.92 Å². The second-order valence-electron chi connectivity index (χ2n) is 6.77. The summed E-state index contributed by atoms with van der Waals surface area (Å²) < 4.78 is 1.74. The summed E-state index contributed by atoms with van der Waals surface area (Å²) >= 11 is 0. The topological polar surface area (TPSA) is 68.1 Å². The van der Waals surface area contributed by atoms with E-state index in [-0.39, 0.29) is 24.5 Å². The number of fused-ring (bicyclic) bond motifs is 5. The number of anilines is 1. The van der Waals surface area contributed by atoms with Gasteiger partial charge in [-0.15, -0.1) is 5.10 Å². The van der Waals surface area contributed by atoms with E-state index in [1.54, 1.807) is 9.58 Å². The molecule has 2 aromatic carbocycles. The zero-order valence-electron chi connectivity index (χ0n) is 15.3. The van der Waals surface area contributed by atoms with E-state index in [4.69, 9.17) is 0 Å². The fourth-order valence-electron chi connectivity index (χ4n) is 3.53. The molecule has 0 bridgehead atoms. The zero-order chi connectivity index (χ0) is 19.0. The average molecular weight is 360 g/mol. The van der Waals surface area contributed by atoms with E-state index in [9.17, 15) is 9.59 Å². The second-order valence-corrected chi connectivity index (χ2v) is 6.77. The Balaban J connectivity index is 1.92. The number of hydrogen-bond donors (Lipinski definition) is 0. The van der Waals surface area contributed by atoms with Gasteiger partial charge in [0.1, 0.15) is 11.5 Å². The summed E-state index contributed by atoms with van der Waals surface area (Å²) in [5, 5.41) is 8.62. The monoisotopic (exact) mass is 360 g/mol. The van der Waals surface area contributed by atoms with Crippen LogP contribution in [-0.2, 0) is 23.2 Å². The predicted octanol–water partition coefficient (Wildman–Crippen LogP) is 3.36. The maximum absolute atomic E-state index is 13.0. The van der Waals surface area contributed by atoms with Crippen molar-refractivity contribution >= 4 is 17.4 Å². The van der Waals surface area contributed by atoms with E-state index < -0.39 is 0 Å². The molecule has 136 valence electrons. The molecule has 1 aliphatic rings. The number of carbonyl (C=O) groups is 2. The second kappa shape index (κ2) is 6.79. The number of amides is 1. The van der Waals surface area contributed by atoms with E-state index in [1.807, 2.05) is 55.6 Å². The van der Waals surface area contributed by atoms with Gasteiger partial charge in [0.05, 0.1) is 17.9 Å². The van der Waals surface area contributed by atoms with Gasteiger partial charge in [0.25, 0.3) is 0 Å². The highest BCUT2D eigenvalue weighted by Gasteiger charge is 2.28. The van der Waals surface area contributed by atoms with Crippen LogP contribution in [0.15, 0.2) is 48.5 Å². The fourth-order valence-corrected chi connectivity index (χ4v) is 3.53. The smallest absolute Gasteiger partial charge is 0.227 e. The van der Waals surface area contributed by atoms with Gasteiger partial charge in [0.2, 0.25) is 5.91 Å². The number of aromatic nitrogens is 3. The number of para-hydroxylation sites is 1. The summed E-state index contributed by atoms with van der Waals surface area (Å²) in [5.74, 6) is -0.0479. The summed E-state index contributed by atoms with van der Waals surface area (Å²) in [4.78, 5) is 26.2. The molecule has 2 heterocycles. The van der Waals surface area contributed by atoms with Crippen LogP contribution >= 0.6 is 0 Å². The van der Waals surface area contributed by atoms with Crippen LogP contribution in [0.1, 0.15) is 25.3 Å². The molecule has 0 saturated carbocycles. The lowest BCUT2D eigenvalue weighted by Crippen LogP contribution is -2.32. The average Bonchev–Trinajstić information content (AvgIpc) is 3.04. The first kappa shape index (κ1) is 17.1. The summed E-state index contributed by atoms with van der Waals surface area (Å²) in [6.45, 7) is 1.94. The minimum absolute atomic E-state index is 0.0159. The highest BCUT2D eigenvalue weighted by atomic mass is 16.2. The minimum Gasteiger partial charge on any atom is -0.307 e. The molecule has 1 amide bonds. The first-order valence-electron chi connectivity index (χ1n) is 8.93. The molecule has 0 spiro atoms. The van der Waals surface area contributed by atoms with Crippen LogP contribution in [0.2, 0.25) is 0 Å².